The molecule has 2 aromatic rings. The van der Waals surface area contributed by atoms with Crippen molar-refractivity contribution in [1.29, 1.82) is 0 Å². The van der Waals surface area contributed by atoms with Crippen molar-refractivity contribution in [3.63, 3.8) is 0 Å². The Morgan fingerprint density at radius 1 is 1.45 bits per heavy atom. The van der Waals surface area contributed by atoms with Crippen LogP contribution in [-0.4, -0.2) is 23.5 Å². The quantitative estimate of drug-likeness (QED) is 0.899. The lowest BCUT2D eigenvalue weighted by atomic mass is 9.84. The van der Waals surface area contributed by atoms with Crippen LogP contribution in [0.5, 0.6) is 0 Å². The van der Waals surface area contributed by atoms with Gasteiger partial charge < -0.3 is 11.1 Å². The highest BCUT2D eigenvalue weighted by Crippen LogP contribution is 2.31. The van der Waals surface area contributed by atoms with Crippen molar-refractivity contribution in [2.24, 2.45) is 11.7 Å². The monoisotopic (exact) mass is 335 g/mol. The van der Waals surface area contributed by atoms with Crippen molar-refractivity contribution in [3.8, 4) is 9.88 Å². The Morgan fingerprint density at radius 2 is 2.27 bits per heavy atom. The number of amides is 1. The Labute approximate surface area is 138 Å². The molecule has 2 unspecified atom stereocenters. The number of aryl methyl sites for hydroxylation is 1. The van der Waals surface area contributed by atoms with E-state index in [4.69, 9.17) is 5.73 Å². The van der Waals surface area contributed by atoms with Gasteiger partial charge in [-0.3, -0.25) is 4.79 Å². The van der Waals surface area contributed by atoms with Gasteiger partial charge in [-0.25, -0.2) is 4.98 Å². The molecule has 2 heterocycles. The first-order valence-electron chi connectivity index (χ1n) is 7.71. The molecule has 1 fully saturated rings. The number of hydrogen-bond acceptors (Lipinski definition) is 5. The van der Waals surface area contributed by atoms with Crippen LogP contribution < -0.4 is 11.1 Å². The molecule has 0 aliphatic heterocycles. The highest BCUT2D eigenvalue weighted by molar-refractivity contribution is 7.22. The van der Waals surface area contributed by atoms with E-state index in [-0.39, 0.29) is 11.9 Å². The zero-order valence-corrected chi connectivity index (χ0v) is 14.3. The molecule has 0 saturated heterocycles. The molecule has 2 aromatic heterocycles. The summed E-state index contributed by atoms with van der Waals surface area (Å²) in [6.07, 6.45) is 4.53. The topological polar surface area (TPSA) is 68.0 Å². The average Bonchev–Trinajstić information content (AvgIpc) is 3.17. The number of rotatable bonds is 4. The van der Waals surface area contributed by atoms with Gasteiger partial charge in [-0.2, -0.15) is 0 Å². The van der Waals surface area contributed by atoms with Gasteiger partial charge >= 0.3 is 0 Å². The molecule has 0 bridgehead atoms. The third kappa shape index (κ3) is 3.24. The van der Waals surface area contributed by atoms with Crippen LogP contribution in [0, 0.1) is 12.8 Å². The van der Waals surface area contributed by atoms with E-state index in [1.807, 2.05) is 24.4 Å². The Morgan fingerprint density at radius 3 is 3.00 bits per heavy atom. The van der Waals surface area contributed by atoms with Crippen molar-refractivity contribution >= 4 is 28.6 Å². The Bertz CT molecular complexity index is 636. The molecule has 118 valence electrons. The van der Waals surface area contributed by atoms with E-state index in [2.05, 4.69) is 10.3 Å². The summed E-state index contributed by atoms with van der Waals surface area (Å²) in [7, 11) is 0. The standard InChI is InChI=1S/C16H21N3OS2/c1-10-14(22-16(18-10)13-7-4-8-21-13)15(20)19-12-6-3-2-5-11(12)9-17/h4,7-8,11-12H,2-3,5-6,9,17H2,1H3,(H,19,20). The smallest absolute Gasteiger partial charge is 0.263 e. The van der Waals surface area contributed by atoms with Crippen LogP contribution in [0.25, 0.3) is 9.88 Å². The molecule has 22 heavy (non-hydrogen) atoms. The predicted octanol–water partition coefficient (Wildman–Crippen LogP) is 3.43. The second-order valence-electron chi connectivity index (χ2n) is 5.77. The summed E-state index contributed by atoms with van der Waals surface area (Å²) in [5, 5.41) is 6.15. The molecule has 4 nitrogen and oxygen atoms in total. The maximum atomic E-state index is 12.6. The van der Waals surface area contributed by atoms with Gasteiger partial charge in [0.2, 0.25) is 0 Å². The van der Waals surface area contributed by atoms with Crippen LogP contribution in [0.4, 0.5) is 0 Å². The van der Waals surface area contributed by atoms with Gasteiger partial charge in [0.1, 0.15) is 9.88 Å². The van der Waals surface area contributed by atoms with E-state index in [9.17, 15) is 4.79 Å². The summed E-state index contributed by atoms with van der Waals surface area (Å²) in [5.74, 6) is 0.408. The van der Waals surface area contributed by atoms with Gasteiger partial charge in [0.25, 0.3) is 5.91 Å². The van der Waals surface area contributed by atoms with Crippen LogP contribution in [0.1, 0.15) is 41.0 Å². The second-order valence-corrected chi connectivity index (χ2v) is 7.72. The fourth-order valence-electron chi connectivity index (χ4n) is 3.03. The Kier molecular flexibility index (Phi) is 4.90. The van der Waals surface area contributed by atoms with Crippen molar-refractivity contribution in [2.75, 3.05) is 6.54 Å². The normalized spacial score (nSPS) is 21.7. The summed E-state index contributed by atoms with van der Waals surface area (Å²) in [5.41, 5.74) is 6.66. The van der Waals surface area contributed by atoms with E-state index in [1.54, 1.807) is 11.3 Å². The van der Waals surface area contributed by atoms with E-state index < -0.39 is 0 Å². The molecule has 3 N–H and O–H groups in total. The average molecular weight is 335 g/mol. The number of nitrogens with two attached hydrogens (primary N) is 1. The third-order valence-corrected chi connectivity index (χ3v) is 6.46. The summed E-state index contributed by atoms with van der Waals surface area (Å²) >= 11 is 3.13. The molecule has 6 heteroatoms. The second kappa shape index (κ2) is 6.89. The molecular formula is C16H21N3OS2. The number of carbonyl (C=O) groups excluding carboxylic acids is 1. The zero-order chi connectivity index (χ0) is 15.5. The number of nitrogens with zero attached hydrogens (tertiary/aromatic N) is 1. The molecule has 1 saturated carbocycles. The molecule has 1 amide bonds. The minimum absolute atomic E-state index is 0.00292. The fourth-order valence-corrected chi connectivity index (χ4v) is 4.79. The van der Waals surface area contributed by atoms with E-state index >= 15 is 0 Å². The molecule has 1 aliphatic carbocycles. The summed E-state index contributed by atoms with van der Waals surface area (Å²) in [6.45, 7) is 2.55. The van der Waals surface area contributed by atoms with Crippen LogP contribution in [-0.2, 0) is 0 Å². The first-order chi connectivity index (χ1) is 10.7. The lowest BCUT2D eigenvalue weighted by molar-refractivity contribution is 0.0911. The number of aromatic nitrogens is 1. The summed E-state index contributed by atoms with van der Waals surface area (Å²) < 4.78 is 0. The molecule has 2 atom stereocenters. The van der Waals surface area contributed by atoms with Crippen LogP contribution >= 0.6 is 22.7 Å². The van der Waals surface area contributed by atoms with Gasteiger partial charge in [-0.05, 0) is 43.7 Å². The van der Waals surface area contributed by atoms with E-state index in [0.29, 0.717) is 12.5 Å². The van der Waals surface area contributed by atoms with Crippen molar-refractivity contribution in [2.45, 2.75) is 38.6 Å². The number of hydrogen-bond donors (Lipinski definition) is 2. The number of thiazole rings is 1. The van der Waals surface area contributed by atoms with Gasteiger partial charge in [-0.15, -0.1) is 22.7 Å². The molecule has 0 spiro atoms. The Balaban J connectivity index is 1.75. The summed E-state index contributed by atoms with van der Waals surface area (Å²) in [6, 6.07) is 4.25. The molecule has 3 rings (SSSR count). The maximum Gasteiger partial charge on any atom is 0.263 e. The van der Waals surface area contributed by atoms with Crippen molar-refractivity contribution < 1.29 is 4.79 Å². The number of nitrogens with one attached hydrogen (secondary N) is 1. The predicted molar refractivity (Wildman–Crippen MR) is 92.4 cm³/mol. The molecular weight excluding hydrogens is 314 g/mol. The van der Waals surface area contributed by atoms with E-state index in [0.717, 1.165) is 33.3 Å². The van der Waals surface area contributed by atoms with Gasteiger partial charge in [0, 0.05) is 6.04 Å². The minimum Gasteiger partial charge on any atom is -0.348 e. The molecule has 1 aliphatic rings. The van der Waals surface area contributed by atoms with E-state index in [1.165, 1.54) is 24.2 Å². The number of thiophene rings is 1. The number of carbonyl (C=O) groups is 1. The SMILES string of the molecule is Cc1nc(-c2cccs2)sc1C(=O)NC1CCCCC1CN. The highest BCUT2D eigenvalue weighted by atomic mass is 32.1. The lowest BCUT2D eigenvalue weighted by Gasteiger charge is -2.31. The van der Waals surface area contributed by atoms with Crippen LogP contribution in [0.15, 0.2) is 17.5 Å². The highest BCUT2D eigenvalue weighted by Gasteiger charge is 2.27. The Hall–Kier alpha value is -1.24. The minimum atomic E-state index is 0.00292. The third-order valence-electron chi connectivity index (χ3n) is 4.26. The zero-order valence-electron chi connectivity index (χ0n) is 12.7. The van der Waals surface area contributed by atoms with Crippen LogP contribution in [0.2, 0.25) is 0 Å². The summed E-state index contributed by atoms with van der Waals surface area (Å²) in [4.78, 5) is 19.0. The largest absolute Gasteiger partial charge is 0.348 e. The van der Waals surface area contributed by atoms with Crippen molar-refractivity contribution in [3.05, 3.63) is 28.1 Å². The fraction of sp³-hybridized carbons (Fsp3) is 0.500. The first-order valence-corrected chi connectivity index (χ1v) is 9.41. The van der Waals surface area contributed by atoms with Gasteiger partial charge in [-0.1, -0.05) is 18.9 Å². The first kappa shape index (κ1) is 15.6. The van der Waals surface area contributed by atoms with Gasteiger partial charge in [0.15, 0.2) is 0 Å². The maximum absolute atomic E-state index is 12.6. The van der Waals surface area contributed by atoms with Crippen molar-refractivity contribution in [1.82, 2.24) is 10.3 Å². The van der Waals surface area contributed by atoms with Crippen LogP contribution in [0.3, 0.4) is 0 Å². The molecule has 0 radical (unpaired) electrons. The lowest BCUT2D eigenvalue weighted by Crippen LogP contribution is -2.44. The van der Waals surface area contributed by atoms with Gasteiger partial charge in [0.05, 0.1) is 10.6 Å². The molecule has 0 aromatic carbocycles.